The van der Waals surface area contributed by atoms with Crippen molar-refractivity contribution in [2.75, 3.05) is 18.5 Å². The van der Waals surface area contributed by atoms with E-state index in [2.05, 4.69) is 47.3 Å². The molecule has 1 fully saturated rings. The quantitative estimate of drug-likeness (QED) is 0.511. The first-order chi connectivity index (χ1) is 14.8. The van der Waals surface area contributed by atoms with E-state index < -0.39 is 0 Å². The third-order valence-corrected chi connectivity index (χ3v) is 4.83. The normalized spacial score (nSPS) is 15.7. The van der Waals surface area contributed by atoms with E-state index >= 15 is 0 Å². The largest absolute Gasteiger partial charge is 0.376 e. The van der Waals surface area contributed by atoms with Crippen LogP contribution in [0.1, 0.15) is 24.1 Å². The lowest BCUT2D eigenvalue weighted by atomic mass is 10.1. The lowest BCUT2D eigenvalue weighted by Gasteiger charge is -2.10. The molecular formula is C22H19N7O. The van der Waals surface area contributed by atoms with Crippen LogP contribution in [0.4, 0.5) is 5.95 Å². The van der Waals surface area contributed by atoms with E-state index in [1.54, 1.807) is 30.7 Å². The number of hydrogen-bond acceptors (Lipinski definition) is 7. The van der Waals surface area contributed by atoms with Gasteiger partial charge in [-0.25, -0.2) is 19.9 Å². The van der Waals surface area contributed by atoms with E-state index in [9.17, 15) is 0 Å². The fourth-order valence-electron chi connectivity index (χ4n) is 3.29. The Hall–Kier alpha value is -3.83. The Kier molecular flexibility index (Phi) is 5.02. The van der Waals surface area contributed by atoms with Crippen molar-refractivity contribution in [2.24, 2.45) is 0 Å². The third-order valence-electron chi connectivity index (χ3n) is 4.83. The Bertz CT molecular complexity index is 1230. The Labute approximate surface area is 173 Å². The first-order valence-corrected chi connectivity index (χ1v) is 9.80. The number of nitrogens with one attached hydrogen (secondary N) is 2. The van der Waals surface area contributed by atoms with Crippen LogP contribution in [0.5, 0.6) is 0 Å². The summed E-state index contributed by atoms with van der Waals surface area (Å²) in [4.78, 5) is 17.7. The van der Waals surface area contributed by atoms with Gasteiger partial charge in [-0.15, -0.1) is 0 Å². The molecular weight excluding hydrogens is 378 g/mol. The maximum Gasteiger partial charge on any atom is 0.223 e. The number of nitrogens with zero attached hydrogens (tertiary/aromatic N) is 5. The van der Waals surface area contributed by atoms with Gasteiger partial charge in [0.05, 0.1) is 17.8 Å². The van der Waals surface area contributed by atoms with Crippen LogP contribution in [0.3, 0.4) is 0 Å². The molecule has 8 nitrogen and oxygen atoms in total. The lowest BCUT2D eigenvalue weighted by Crippen LogP contribution is -2.19. The predicted octanol–water partition coefficient (Wildman–Crippen LogP) is 2.80. The van der Waals surface area contributed by atoms with E-state index in [0.717, 1.165) is 35.9 Å². The number of anilines is 1. The molecule has 1 aromatic carbocycles. The van der Waals surface area contributed by atoms with Crippen molar-refractivity contribution < 1.29 is 4.74 Å². The van der Waals surface area contributed by atoms with Gasteiger partial charge in [0.25, 0.3) is 0 Å². The molecule has 8 heteroatoms. The van der Waals surface area contributed by atoms with Crippen LogP contribution in [-0.4, -0.2) is 49.4 Å². The molecule has 5 rings (SSSR count). The molecule has 0 spiro atoms. The number of fused-ring (bicyclic) bond motifs is 1. The maximum absolute atomic E-state index is 5.62. The van der Waals surface area contributed by atoms with Gasteiger partial charge in [0, 0.05) is 36.5 Å². The summed E-state index contributed by atoms with van der Waals surface area (Å²) in [6.07, 6.45) is 7.54. The fraction of sp³-hybridized carbons (Fsp3) is 0.227. The van der Waals surface area contributed by atoms with Crippen LogP contribution in [0.25, 0.3) is 22.4 Å². The van der Waals surface area contributed by atoms with E-state index in [-0.39, 0.29) is 6.10 Å². The zero-order valence-corrected chi connectivity index (χ0v) is 16.2. The van der Waals surface area contributed by atoms with E-state index in [4.69, 9.17) is 4.74 Å². The maximum atomic E-state index is 5.62. The number of aromatic amines is 1. The Balaban J connectivity index is 1.34. The second kappa shape index (κ2) is 8.27. The van der Waals surface area contributed by atoms with Crippen LogP contribution in [0.15, 0.2) is 48.9 Å². The summed E-state index contributed by atoms with van der Waals surface area (Å²) in [6.45, 7) is 1.52. The van der Waals surface area contributed by atoms with Crippen molar-refractivity contribution in [3.8, 4) is 23.4 Å². The van der Waals surface area contributed by atoms with E-state index in [1.807, 2.05) is 18.2 Å². The number of benzene rings is 1. The summed E-state index contributed by atoms with van der Waals surface area (Å²) in [5.74, 6) is 7.29. The SMILES string of the molecule is C(#Cc1ccnc(-c2ccnc(NC[C@@H]3CCCO3)n2)n1)c1ccc2[nH]ncc2c1. The summed E-state index contributed by atoms with van der Waals surface area (Å²) in [7, 11) is 0. The molecule has 4 heterocycles. The molecule has 2 N–H and O–H groups in total. The summed E-state index contributed by atoms with van der Waals surface area (Å²) in [6, 6.07) is 9.47. The molecule has 0 radical (unpaired) electrons. The average molecular weight is 397 g/mol. The number of rotatable bonds is 4. The minimum atomic E-state index is 0.216. The molecule has 1 atom stereocenters. The second-order valence-corrected chi connectivity index (χ2v) is 6.97. The standard InChI is InChI=1S/C22H19N7O/c1-2-18(30-11-1)14-25-22-24-10-8-20(28-22)21-23-9-7-17(27-21)5-3-15-4-6-19-16(12-15)13-26-29-19/h4,6-10,12-13,18H,1-2,11,14H2,(H,26,29)(H,24,25,28)/t18-/m0/s1. The molecule has 1 saturated heterocycles. The van der Waals surface area contributed by atoms with E-state index in [1.165, 1.54) is 0 Å². The highest BCUT2D eigenvalue weighted by atomic mass is 16.5. The van der Waals surface area contributed by atoms with Crippen LogP contribution in [0, 0.1) is 11.8 Å². The number of H-pyrrole nitrogens is 1. The zero-order valence-electron chi connectivity index (χ0n) is 16.2. The molecule has 0 aliphatic carbocycles. The van der Waals surface area contributed by atoms with Crippen LogP contribution in [-0.2, 0) is 4.74 Å². The number of aromatic nitrogens is 6. The van der Waals surface area contributed by atoms with Gasteiger partial charge < -0.3 is 10.1 Å². The predicted molar refractivity (Wildman–Crippen MR) is 113 cm³/mol. The Morgan fingerprint density at radius 1 is 1.10 bits per heavy atom. The summed E-state index contributed by atoms with van der Waals surface area (Å²) >= 11 is 0. The molecule has 148 valence electrons. The molecule has 0 unspecified atom stereocenters. The van der Waals surface area contributed by atoms with Crippen molar-refractivity contribution in [2.45, 2.75) is 18.9 Å². The van der Waals surface area contributed by atoms with Crippen molar-refractivity contribution in [1.82, 2.24) is 30.1 Å². The van der Waals surface area contributed by atoms with Crippen molar-refractivity contribution >= 4 is 16.9 Å². The second-order valence-electron chi connectivity index (χ2n) is 6.97. The van der Waals surface area contributed by atoms with Gasteiger partial charge >= 0.3 is 0 Å². The molecule has 1 aliphatic heterocycles. The lowest BCUT2D eigenvalue weighted by molar-refractivity contribution is 0.120. The molecule has 1 aliphatic rings. The molecule has 4 aromatic rings. The van der Waals surface area contributed by atoms with Gasteiger partial charge in [0.2, 0.25) is 5.95 Å². The first-order valence-electron chi connectivity index (χ1n) is 9.80. The monoisotopic (exact) mass is 397 g/mol. The summed E-state index contributed by atoms with van der Waals surface area (Å²) in [5.41, 5.74) is 3.15. The Morgan fingerprint density at radius 3 is 3.00 bits per heavy atom. The van der Waals surface area contributed by atoms with Crippen molar-refractivity contribution in [3.63, 3.8) is 0 Å². The minimum absolute atomic E-state index is 0.216. The van der Waals surface area contributed by atoms with Gasteiger partial charge in [-0.05, 0) is 49.1 Å². The highest BCUT2D eigenvalue weighted by molar-refractivity contribution is 5.79. The van der Waals surface area contributed by atoms with Gasteiger partial charge in [0.1, 0.15) is 11.4 Å². The fourth-order valence-corrected chi connectivity index (χ4v) is 3.29. The third kappa shape index (κ3) is 4.11. The smallest absolute Gasteiger partial charge is 0.223 e. The van der Waals surface area contributed by atoms with Gasteiger partial charge in [0.15, 0.2) is 5.82 Å². The van der Waals surface area contributed by atoms with Crippen LogP contribution in [0.2, 0.25) is 0 Å². The zero-order chi connectivity index (χ0) is 20.2. The topological polar surface area (TPSA) is 102 Å². The van der Waals surface area contributed by atoms with Crippen molar-refractivity contribution in [1.29, 1.82) is 0 Å². The highest BCUT2D eigenvalue weighted by Gasteiger charge is 2.15. The molecule has 0 saturated carbocycles. The molecule has 30 heavy (non-hydrogen) atoms. The summed E-state index contributed by atoms with van der Waals surface area (Å²) < 4.78 is 5.62. The highest BCUT2D eigenvalue weighted by Crippen LogP contribution is 2.16. The van der Waals surface area contributed by atoms with Crippen molar-refractivity contribution in [3.05, 3.63) is 60.2 Å². The number of ether oxygens (including phenoxy) is 1. The van der Waals surface area contributed by atoms with Crippen LogP contribution < -0.4 is 5.32 Å². The number of hydrogen-bond donors (Lipinski definition) is 2. The Morgan fingerprint density at radius 2 is 2.07 bits per heavy atom. The average Bonchev–Trinajstić information content (AvgIpc) is 3.48. The minimum Gasteiger partial charge on any atom is -0.376 e. The van der Waals surface area contributed by atoms with Gasteiger partial charge in [-0.1, -0.05) is 5.92 Å². The first kappa shape index (κ1) is 18.2. The van der Waals surface area contributed by atoms with Gasteiger partial charge in [-0.3, -0.25) is 5.10 Å². The summed E-state index contributed by atoms with van der Waals surface area (Å²) in [5, 5.41) is 11.2. The van der Waals surface area contributed by atoms with Crippen LogP contribution >= 0.6 is 0 Å². The molecule has 0 bridgehead atoms. The molecule has 0 amide bonds. The molecule has 3 aromatic heterocycles. The van der Waals surface area contributed by atoms with E-state index in [0.29, 0.717) is 29.7 Å². The van der Waals surface area contributed by atoms with Gasteiger partial charge in [-0.2, -0.15) is 5.10 Å².